The Morgan fingerprint density at radius 3 is 2.60 bits per heavy atom. The zero-order valence-corrected chi connectivity index (χ0v) is 9.34. The normalized spacial score (nSPS) is 12.6. The van der Waals surface area contributed by atoms with Gasteiger partial charge in [-0.2, -0.15) is 0 Å². The van der Waals surface area contributed by atoms with Crippen LogP contribution < -0.4 is 10.6 Å². The molecule has 0 aliphatic rings. The smallest absolute Gasteiger partial charge is 0.245 e. The minimum absolute atomic E-state index is 0.108. The molecule has 0 aliphatic heterocycles. The first kappa shape index (κ1) is 11.7. The number of hydrogen-bond acceptors (Lipinski definition) is 3. The van der Waals surface area contributed by atoms with Gasteiger partial charge in [0.15, 0.2) is 0 Å². The molecule has 1 aromatic rings. The predicted octanol–water partition coefficient (Wildman–Crippen LogP) is 1.03. The van der Waals surface area contributed by atoms with Crippen LogP contribution in [0.4, 0.5) is 5.82 Å². The van der Waals surface area contributed by atoms with Gasteiger partial charge in [-0.1, -0.05) is 19.9 Å². The van der Waals surface area contributed by atoms with E-state index in [2.05, 4.69) is 4.98 Å². The first-order chi connectivity index (χ1) is 7.04. The van der Waals surface area contributed by atoms with Crippen molar-refractivity contribution >= 4 is 11.7 Å². The molecule has 2 N–H and O–H groups in total. The molecule has 82 valence electrons. The number of hydrogen-bond donors (Lipinski definition) is 1. The van der Waals surface area contributed by atoms with Crippen molar-refractivity contribution in [2.75, 3.05) is 11.9 Å². The van der Waals surface area contributed by atoms with Crippen LogP contribution in [0, 0.1) is 5.92 Å². The molecule has 0 unspecified atom stereocenters. The van der Waals surface area contributed by atoms with Gasteiger partial charge in [-0.3, -0.25) is 9.69 Å². The quantitative estimate of drug-likeness (QED) is 0.805. The predicted molar refractivity (Wildman–Crippen MR) is 60.5 cm³/mol. The van der Waals surface area contributed by atoms with Crippen LogP contribution in [0.2, 0.25) is 0 Å². The Bertz CT molecular complexity index is 324. The van der Waals surface area contributed by atoms with E-state index in [1.165, 1.54) is 4.90 Å². The lowest BCUT2D eigenvalue weighted by Crippen LogP contribution is -2.45. The van der Waals surface area contributed by atoms with Crippen molar-refractivity contribution in [1.29, 1.82) is 0 Å². The van der Waals surface area contributed by atoms with E-state index in [1.54, 1.807) is 19.3 Å². The first-order valence-corrected chi connectivity index (χ1v) is 4.98. The second-order valence-corrected chi connectivity index (χ2v) is 3.85. The zero-order valence-electron chi connectivity index (χ0n) is 9.34. The topological polar surface area (TPSA) is 59.2 Å². The van der Waals surface area contributed by atoms with E-state index in [-0.39, 0.29) is 11.8 Å². The summed E-state index contributed by atoms with van der Waals surface area (Å²) in [5.41, 5.74) is 5.78. The summed E-state index contributed by atoms with van der Waals surface area (Å²) in [5.74, 6) is 0.644. The van der Waals surface area contributed by atoms with Crippen molar-refractivity contribution in [3.05, 3.63) is 24.4 Å². The molecule has 1 atom stereocenters. The van der Waals surface area contributed by atoms with Crippen molar-refractivity contribution in [2.45, 2.75) is 19.9 Å². The summed E-state index contributed by atoms with van der Waals surface area (Å²) in [6.07, 6.45) is 1.65. The molecule has 1 rings (SSSR count). The molecule has 0 spiro atoms. The second-order valence-electron chi connectivity index (χ2n) is 3.85. The number of carbonyl (C=O) groups is 1. The molecule has 0 aromatic carbocycles. The lowest BCUT2D eigenvalue weighted by Gasteiger charge is -2.22. The highest BCUT2D eigenvalue weighted by molar-refractivity contribution is 5.95. The zero-order chi connectivity index (χ0) is 11.4. The summed E-state index contributed by atoms with van der Waals surface area (Å²) >= 11 is 0. The van der Waals surface area contributed by atoms with E-state index in [4.69, 9.17) is 5.73 Å². The molecule has 1 heterocycles. The average molecular weight is 207 g/mol. The van der Waals surface area contributed by atoms with Crippen LogP contribution in [0.15, 0.2) is 24.4 Å². The molecular formula is C11H17N3O. The maximum absolute atomic E-state index is 11.8. The Morgan fingerprint density at radius 2 is 2.13 bits per heavy atom. The van der Waals surface area contributed by atoms with Crippen LogP contribution in [-0.2, 0) is 4.79 Å². The fraction of sp³-hybridized carbons (Fsp3) is 0.455. The largest absolute Gasteiger partial charge is 0.320 e. The second kappa shape index (κ2) is 4.89. The van der Waals surface area contributed by atoms with Gasteiger partial charge in [0.1, 0.15) is 5.82 Å². The van der Waals surface area contributed by atoms with Crippen LogP contribution in [0.25, 0.3) is 0 Å². The minimum Gasteiger partial charge on any atom is -0.320 e. The summed E-state index contributed by atoms with van der Waals surface area (Å²) in [6.45, 7) is 3.85. The van der Waals surface area contributed by atoms with E-state index < -0.39 is 6.04 Å². The van der Waals surface area contributed by atoms with Gasteiger partial charge in [0.05, 0.1) is 6.04 Å². The third-order valence-corrected chi connectivity index (χ3v) is 2.33. The molecule has 0 saturated heterocycles. The molecule has 4 heteroatoms. The van der Waals surface area contributed by atoms with Crippen molar-refractivity contribution in [3.8, 4) is 0 Å². The first-order valence-electron chi connectivity index (χ1n) is 4.98. The highest BCUT2D eigenvalue weighted by atomic mass is 16.2. The van der Waals surface area contributed by atoms with E-state index in [0.717, 1.165) is 0 Å². The highest BCUT2D eigenvalue weighted by Crippen LogP contribution is 2.10. The van der Waals surface area contributed by atoms with Crippen molar-refractivity contribution in [1.82, 2.24) is 4.98 Å². The van der Waals surface area contributed by atoms with Crippen LogP contribution >= 0.6 is 0 Å². The molecule has 1 aromatic heterocycles. The molecule has 0 fully saturated rings. The Kier molecular flexibility index (Phi) is 3.80. The number of pyridine rings is 1. The Balaban J connectivity index is 2.78. The molecule has 4 nitrogen and oxygen atoms in total. The molecule has 15 heavy (non-hydrogen) atoms. The van der Waals surface area contributed by atoms with Crippen LogP contribution in [-0.4, -0.2) is 24.0 Å². The average Bonchev–Trinajstić information content (AvgIpc) is 2.27. The van der Waals surface area contributed by atoms with E-state index >= 15 is 0 Å². The fourth-order valence-electron chi connectivity index (χ4n) is 1.17. The Labute approximate surface area is 90.1 Å². The van der Waals surface area contributed by atoms with E-state index in [1.807, 2.05) is 26.0 Å². The molecule has 0 saturated carbocycles. The van der Waals surface area contributed by atoms with Gasteiger partial charge < -0.3 is 5.73 Å². The number of likely N-dealkylation sites (N-methyl/N-ethyl adjacent to an activating group) is 1. The summed E-state index contributed by atoms with van der Waals surface area (Å²) in [7, 11) is 1.69. The molecule has 0 radical (unpaired) electrons. The number of carbonyl (C=O) groups excluding carboxylic acids is 1. The molecule has 0 aliphatic carbocycles. The van der Waals surface area contributed by atoms with Gasteiger partial charge in [-0.05, 0) is 18.1 Å². The maximum Gasteiger partial charge on any atom is 0.245 e. The monoisotopic (exact) mass is 207 g/mol. The number of amides is 1. The SMILES string of the molecule is CC(C)[C@@H](N)C(=O)N(C)c1ccccn1. The lowest BCUT2D eigenvalue weighted by atomic mass is 10.0. The number of anilines is 1. The molecule has 0 bridgehead atoms. The van der Waals surface area contributed by atoms with Gasteiger partial charge >= 0.3 is 0 Å². The van der Waals surface area contributed by atoms with Crippen molar-refractivity contribution in [3.63, 3.8) is 0 Å². The van der Waals surface area contributed by atoms with Gasteiger partial charge in [0.2, 0.25) is 5.91 Å². The molecular weight excluding hydrogens is 190 g/mol. The minimum atomic E-state index is -0.475. The standard InChI is InChI=1S/C11H17N3O/c1-8(2)10(12)11(15)14(3)9-6-4-5-7-13-9/h4-8,10H,12H2,1-3H3/t10-/m1/s1. The highest BCUT2D eigenvalue weighted by Gasteiger charge is 2.22. The van der Waals surface area contributed by atoms with Gasteiger partial charge in [0.25, 0.3) is 0 Å². The van der Waals surface area contributed by atoms with E-state index in [9.17, 15) is 4.79 Å². The van der Waals surface area contributed by atoms with Crippen LogP contribution in [0.5, 0.6) is 0 Å². The maximum atomic E-state index is 11.8. The summed E-state index contributed by atoms with van der Waals surface area (Å²) in [5, 5.41) is 0. The lowest BCUT2D eigenvalue weighted by molar-refractivity contribution is -0.120. The summed E-state index contributed by atoms with van der Waals surface area (Å²) < 4.78 is 0. The summed E-state index contributed by atoms with van der Waals surface area (Å²) in [6, 6.07) is 4.96. The number of aromatic nitrogens is 1. The Hall–Kier alpha value is -1.42. The third kappa shape index (κ3) is 2.76. The van der Waals surface area contributed by atoms with Gasteiger partial charge in [0, 0.05) is 13.2 Å². The Morgan fingerprint density at radius 1 is 1.47 bits per heavy atom. The number of nitrogens with two attached hydrogens (primary N) is 1. The number of rotatable bonds is 3. The number of nitrogens with zero attached hydrogens (tertiary/aromatic N) is 2. The summed E-state index contributed by atoms with van der Waals surface area (Å²) in [4.78, 5) is 17.4. The fourth-order valence-corrected chi connectivity index (χ4v) is 1.17. The van der Waals surface area contributed by atoms with E-state index in [0.29, 0.717) is 5.82 Å². The van der Waals surface area contributed by atoms with Crippen LogP contribution in [0.1, 0.15) is 13.8 Å². The third-order valence-electron chi connectivity index (χ3n) is 2.33. The molecule has 1 amide bonds. The van der Waals surface area contributed by atoms with Crippen LogP contribution in [0.3, 0.4) is 0 Å². The van der Waals surface area contributed by atoms with Gasteiger partial charge in [-0.15, -0.1) is 0 Å². The van der Waals surface area contributed by atoms with Crippen molar-refractivity contribution < 1.29 is 4.79 Å². The van der Waals surface area contributed by atoms with Crippen molar-refractivity contribution in [2.24, 2.45) is 11.7 Å². The van der Waals surface area contributed by atoms with Gasteiger partial charge in [-0.25, -0.2) is 4.98 Å².